The highest BCUT2D eigenvalue weighted by Gasteiger charge is 2.47. The van der Waals surface area contributed by atoms with Crippen LogP contribution in [0.5, 0.6) is 0 Å². The van der Waals surface area contributed by atoms with Gasteiger partial charge in [-0.15, -0.1) is 0 Å². The maximum absolute atomic E-state index is 9.36. The van der Waals surface area contributed by atoms with E-state index in [9.17, 15) is 5.11 Å². The van der Waals surface area contributed by atoms with Crippen molar-refractivity contribution in [3.8, 4) is 0 Å². The Morgan fingerprint density at radius 2 is 1.58 bits per heavy atom. The number of ether oxygens (including phenoxy) is 2. The zero-order chi connectivity index (χ0) is 18.8. The molecule has 154 valence electrons. The molecule has 2 aliphatic rings. The first kappa shape index (κ1) is 22.2. The average Bonchev–Trinajstić information content (AvgIpc) is 3.22. The fourth-order valence-corrected chi connectivity index (χ4v) is 4.86. The number of fused-ring (bicyclic) bond motifs is 2. The summed E-state index contributed by atoms with van der Waals surface area (Å²) in [6, 6.07) is 0. The summed E-state index contributed by atoms with van der Waals surface area (Å²) in [5.74, 6) is 1.50. The van der Waals surface area contributed by atoms with Gasteiger partial charge in [0.1, 0.15) is 0 Å². The molecule has 0 aliphatic carbocycles. The van der Waals surface area contributed by atoms with E-state index < -0.39 is 0 Å². The number of aliphatic hydroxyl groups is 1. The molecule has 2 fully saturated rings. The van der Waals surface area contributed by atoms with Gasteiger partial charge in [0.15, 0.2) is 0 Å². The Kier molecular flexibility index (Phi) is 9.94. The molecule has 3 nitrogen and oxygen atoms in total. The second kappa shape index (κ2) is 11.7. The van der Waals surface area contributed by atoms with Crippen LogP contribution in [0.15, 0.2) is 0 Å². The topological polar surface area (TPSA) is 38.7 Å². The maximum atomic E-state index is 9.36. The van der Waals surface area contributed by atoms with Gasteiger partial charge in [0.05, 0.1) is 12.2 Å². The summed E-state index contributed by atoms with van der Waals surface area (Å²) in [4.78, 5) is 0. The first-order valence-corrected chi connectivity index (χ1v) is 11.4. The third-order valence-corrected chi connectivity index (χ3v) is 6.65. The molecule has 1 N–H and O–H groups in total. The Morgan fingerprint density at radius 3 is 2.27 bits per heavy atom. The van der Waals surface area contributed by atoms with Gasteiger partial charge in [0, 0.05) is 19.8 Å². The fraction of sp³-hybridized carbons (Fsp3) is 1.00. The molecule has 0 aromatic rings. The first-order chi connectivity index (χ1) is 12.6. The van der Waals surface area contributed by atoms with Crippen molar-refractivity contribution in [3.63, 3.8) is 0 Å². The average molecular weight is 369 g/mol. The molecule has 2 bridgehead atoms. The summed E-state index contributed by atoms with van der Waals surface area (Å²) in [7, 11) is 0. The summed E-state index contributed by atoms with van der Waals surface area (Å²) in [5.41, 5.74) is 0.0898. The van der Waals surface area contributed by atoms with Gasteiger partial charge < -0.3 is 14.6 Å². The van der Waals surface area contributed by atoms with Crippen molar-refractivity contribution in [2.24, 2.45) is 17.3 Å². The molecule has 0 aromatic heterocycles. The molecular formula is C23H44O3. The molecule has 2 heterocycles. The van der Waals surface area contributed by atoms with E-state index in [2.05, 4.69) is 20.8 Å². The summed E-state index contributed by atoms with van der Waals surface area (Å²) in [5, 5.41) is 9.36. The van der Waals surface area contributed by atoms with Gasteiger partial charge >= 0.3 is 0 Å². The van der Waals surface area contributed by atoms with Gasteiger partial charge in [0.25, 0.3) is 0 Å². The van der Waals surface area contributed by atoms with E-state index in [0.29, 0.717) is 18.8 Å². The number of aliphatic hydroxyl groups excluding tert-OH is 1. The minimum absolute atomic E-state index is 0.0898. The minimum Gasteiger partial charge on any atom is -0.396 e. The van der Waals surface area contributed by atoms with Gasteiger partial charge in [-0.25, -0.2) is 0 Å². The predicted octanol–water partition coefficient (Wildman–Crippen LogP) is 5.74. The van der Waals surface area contributed by atoms with E-state index in [1.54, 1.807) is 0 Å². The van der Waals surface area contributed by atoms with Crippen LogP contribution in [0.3, 0.4) is 0 Å². The lowest BCUT2D eigenvalue weighted by Gasteiger charge is -2.28. The SMILES string of the molecule is CCCCCCOCC[C@@H]1[C@H](CCCCCC(C)(C)CO)[C@@H]2CC[C@H]1O2. The standard InChI is InChI=1S/C23H44O3/c1-4-5-6-10-16-25-17-14-20-19(21-12-13-22(20)26-21)11-8-7-9-15-23(2,3)18-24/h19-22,24H,4-18H2,1-3H3/t19-,20+,21-,22+/m0/s1. The summed E-state index contributed by atoms with van der Waals surface area (Å²) in [6.07, 6.45) is 16.2. The normalized spacial score (nSPS) is 28.2. The van der Waals surface area contributed by atoms with Crippen molar-refractivity contribution >= 4 is 0 Å². The van der Waals surface area contributed by atoms with Crippen LogP contribution < -0.4 is 0 Å². The highest BCUT2D eigenvalue weighted by atomic mass is 16.5. The van der Waals surface area contributed by atoms with Crippen LogP contribution in [0.2, 0.25) is 0 Å². The molecule has 3 heteroatoms. The van der Waals surface area contributed by atoms with Gasteiger partial charge in [-0.3, -0.25) is 0 Å². The van der Waals surface area contributed by atoms with Gasteiger partial charge in [-0.05, 0) is 55.8 Å². The number of rotatable bonds is 15. The van der Waals surface area contributed by atoms with Crippen LogP contribution in [-0.4, -0.2) is 37.1 Å². The lowest BCUT2D eigenvalue weighted by atomic mass is 9.75. The van der Waals surface area contributed by atoms with Crippen LogP contribution in [0.25, 0.3) is 0 Å². The smallest absolute Gasteiger partial charge is 0.0612 e. The monoisotopic (exact) mass is 368 g/mol. The number of hydrogen-bond acceptors (Lipinski definition) is 3. The lowest BCUT2D eigenvalue weighted by molar-refractivity contribution is 0.0752. The van der Waals surface area contributed by atoms with Crippen LogP contribution in [-0.2, 0) is 9.47 Å². The second-order valence-electron chi connectivity index (χ2n) is 9.50. The highest BCUT2D eigenvalue weighted by molar-refractivity contribution is 4.96. The molecule has 26 heavy (non-hydrogen) atoms. The van der Waals surface area contributed by atoms with Gasteiger partial charge in [-0.2, -0.15) is 0 Å². The summed E-state index contributed by atoms with van der Waals surface area (Å²) in [6.45, 7) is 8.74. The van der Waals surface area contributed by atoms with Crippen molar-refractivity contribution in [3.05, 3.63) is 0 Å². The molecule has 0 unspecified atom stereocenters. The fourth-order valence-electron chi connectivity index (χ4n) is 4.86. The van der Waals surface area contributed by atoms with Crippen LogP contribution >= 0.6 is 0 Å². The van der Waals surface area contributed by atoms with Gasteiger partial charge in [-0.1, -0.05) is 59.3 Å². The van der Waals surface area contributed by atoms with E-state index in [-0.39, 0.29) is 5.41 Å². The Bertz CT molecular complexity index is 368. The summed E-state index contributed by atoms with van der Waals surface area (Å²) < 4.78 is 12.2. The summed E-state index contributed by atoms with van der Waals surface area (Å²) >= 11 is 0. The van der Waals surface area contributed by atoms with Crippen molar-refractivity contribution in [2.45, 2.75) is 110 Å². The Hall–Kier alpha value is -0.120. The van der Waals surface area contributed by atoms with Crippen LogP contribution in [0.1, 0.15) is 97.8 Å². The van der Waals surface area contributed by atoms with E-state index in [1.807, 2.05) is 0 Å². The Labute approximate surface area is 162 Å². The molecule has 2 aliphatic heterocycles. The zero-order valence-electron chi connectivity index (χ0n) is 17.7. The molecule has 0 spiro atoms. The van der Waals surface area contributed by atoms with E-state index >= 15 is 0 Å². The molecule has 0 radical (unpaired) electrons. The van der Waals surface area contributed by atoms with Crippen LogP contribution in [0, 0.1) is 17.3 Å². The van der Waals surface area contributed by atoms with E-state index in [0.717, 1.165) is 31.5 Å². The molecular weight excluding hydrogens is 324 g/mol. The number of unbranched alkanes of at least 4 members (excludes halogenated alkanes) is 5. The number of hydrogen-bond donors (Lipinski definition) is 1. The molecule has 2 rings (SSSR count). The quantitative estimate of drug-likeness (QED) is 0.375. The Morgan fingerprint density at radius 1 is 0.885 bits per heavy atom. The third kappa shape index (κ3) is 7.13. The molecule has 4 atom stereocenters. The predicted molar refractivity (Wildman–Crippen MR) is 108 cm³/mol. The molecule has 0 aromatic carbocycles. The van der Waals surface area contributed by atoms with Crippen molar-refractivity contribution < 1.29 is 14.6 Å². The van der Waals surface area contributed by atoms with E-state index in [1.165, 1.54) is 70.6 Å². The second-order valence-corrected chi connectivity index (χ2v) is 9.50. The highest BCUT2D eigenvalue weighted by Crippen LogP contribution is 2.47. The molecule has 0 saturated carbocycles. The van der Waals surface area contributed by atoms with E-state index in [4.69, 9.17) is 9.47 Å². The van der Waals surface area contributed by atoms with Crippen molar-refractivity contribution in [2.75, 3.05) is 19.8 Å². The van der Waals surface area contributed by atoms with Gasteiger partial charge in [0.2, 0.25) is 0 Å². The third-order valence-electron chi connectivity index (χ3n) is 6.65. The molecule has 2 saturated heterocycles. The zero-order valence-corrected chi connectivity index (χ0v) is 17.7. The van der Waals surface area contributed by atoms with Crippen LogP contribution in [0.4, 0.5) is 0 Å². The van der Waals surface area contributed by atoms with Crippen molar-refractivity contribution in [1.82, 2.24) is 0 Å². The largest absolute Gasteiger partial charge is 0.396 e. The first-order valence-electron chi connectivity index (χ1n) is 11.4. The maximum Gasteiger partial charge on any atom is 0.0612 e. The lowest BCUT2D eigenvalue weighted by Crippen LogP contribution is -2.28. The molecule has 0 amide bonds. The Balaban J connectivity index is 1.60. The van der Waals surface area contributed by atoms with Crippen molar-refractivity contribution in [1.29, 1.82) is 0 Å². The minimum atomic E-state index is 0.0898.